The van der Waals surface area contributed by atoms with Crippen LogP contribution >= 0.6 is 0 Å². The summed E-state index contributed by atoms with van der Waals surface area (Å²) < 4.78 is 30.2. The second-order valence-electron chi connectivity index (χ2n) is 15.9. The Morgan fingerprint density at radius 2 is 1.53 bits per heavy atom. The third kappa shape index (κ3) is 9.04. The highest BCUT2D eigenvalue weighted by molar-refractivity contribution is 6.01. The Kier molecular flexibility index (Phi) is 11.8. The molecule has 4 heterocycles. The van der Waals surface area contributed by atoms with Gasteiger partial charge >= 0.3 is 0 Å². The fraction of sp³-hybridized carbons (Fsp3) is 0.442. The molecule has 2 aromatic carbocycles. The van der Waals surface area contributed by atoms with Crippen LogP contribution in [0.2, 0.25) is 0 Å². The minimum atomic E-state index is -0.565. The van der Waals surface area contributed by atoms with Crippen molar-refractivity contribution in [2.75, 3.05) is 41.7 Å². The number of hydrogen-bond acceptors (Lipinski definition) is 10. The molecule has 0 radical (unpaired) electrons. The van der Waals surface area contributed by atoms with E-state index in [-0.39, 0.29) is 59.2 Å². The molecule has 2 aromatic heterocycles. The molecule has 3 amide bonds. The van der Waals surface area contributed by atoms with E-state index in [2.05, 4.69) is 46.0 Å². The van der Waals surface area contributed by atoms with Gasteiger partial charge in [-0.05, 0) is 99.7 Å². The molecule has 8 rings (SSSR count). The zero-order valence-electron chi connectivity index (χ0n) is 32.3. The van der Waals surface area contributed by atoms with Crippen LogP contribution in [0.5, 0.6) is 0 Å². The number of carbonyl (C=O) groups excluding carboxylic acids is 3. The summed E-state index contributed by atoms with van der Waals surface area (Å²) in [6.45, 7) is 3.05. The molecular formula is C43H49F2N9O4. The zero-order chi connectivity index (χ0) is 40.2. The van der Waals surface area contributed by atoms with Gasteiger partial charge < -0.3 is 25.8 Å². The molecule has 2 aliphatic heterocycles. The maximum atomic E-state index is 15.2. The van der Waals surface area contributed by atoms with E-state index >= 15 is 4.39 Å². The number of pyridine rings is 1. The number of amides is 3. The first-order valence-corrected chi connectivity index (χ1v) is 20.4. The third-order valence-electron chi connectivity index (χ3n) is 12.2. The normalized spacial score (nSPS) is 24.2. The number of piperidine rings is 1. The number of hydrogen-bond donors (Lipinski definition) is 5. The first-order valence-electron chi connectivity index (χ1n) is 20.4. The topological polar surface area (TPSA) is 164 Å². The van der Waals surface area contributed by atoms with Gasteiger partial charge in [-0.25, -0.2) is 18.7 Å². The van der Waals surface area contributed by atoms with Crippen molar-refractivity contribution >= 4 is 35.0 Å². The SMILES string of the molecule is O=C1CC[C@H](Nc2ccc(N3CCN(C4CCC(C(=O)NC5CCC(Nc6ncc(F)c(-c7cccc(-c8ccc[nH]c8=O)c7)n6)CC5)CC4)CC3)c(F)c2)C(=O)N1. The summed E-state index contributed by atoms with van der Waals surface area (Å²) in [6, 6.07) is 15.5. The summed E-state index contributed by atoms with van der Waals surface area (Å²) in [6.07, 6.45) is 10.3. The van der Waals surface area contributed by atoms with Gasteiger partial charge in [-0.2, -0.15) is 0 Å². The van der Waals surface area contributed by atoms with Crippen LogP contribution in [0.3, 0.4) is 0 Å². The van der Waals surface area contributed by atoms with Gasteiger partial charge in [0.25, 0.3) is 5.56 Å². The molecule has 58 heavy (non-hydrogen) atoms. The summed E-state index contributed by atoms with van der Waals surface area (Å²) in [5.74, 6) is -1.10. The summed E-state index contributed by atoms with van der Waals surface area (Å²) >= 11 is 0. The van der Waals surface area contributed by atoms with Gasteiger partial charge in [0, 0.05) is 79.7 Å². The van der Waals surface area contributed by atoms with Crippen LogP contribution < -0.4 is 31.7 Å². The van der Waals surface area contributed by atoms with Crippen LogP contribution in [0.25, 0.3) is 22.4 Å². The van der Waals surface area contributed by atoms with Crippen molar-refractivity contribution in [1.29, 1.82) is 0 Å². The average Bonchev–Trinajstić information content (AvgIpc) is 3.24. The van der Waals surface area contributed by atoms with Gasteiger partial charge in [0.15, 0.2) is 5.82 Å². The predicted octanol–water partition coefficient (Wildman–Crippen LogP) is 5.21. The van der Waals surface area contributed by atoms with Crippen molar-refractivity contribution in [2.24, 2.45) is 5.92 Å². The Hall–Kier alpha value is -5.70. The lowest BCUT2D eigenvalue weighted by molar-refractivity contribution is -0.133. The molecule has 13 nitrogen and oxygen atoms in total. The number of anilines is 3. The molecule has 0 spiro atoms. The van der Waals surface area contributed by atoms with E-state index in [1.165, 1.54) is 12.3 Å². The van der Waals surface area contributed by atoms with Gasteiger partial charge in [0.1, 0.15) is 17.6 Å². The molecular weight excluding hydrogens is 745 g/mol. The fourth-order valence-electron chi connectivity index (χ4n) is 8.92. The zero-order valence-corrected chi connectivity index (χ0v) is 32.3. The van der Waals surface area contributed by atoms with Crippen molar-refractivity contribution in [3.63, 3.8) is 0 Å². The largest absolute Gasteiger partial charge is 0.374 e. The van der Waals surface area contributed by atoms with Crippen molar-refractivity contribution in [2.45, 2.75) is 88.4 Å². The molecule has 1 atom stereocenters. The summed E-state index contributed by atoms with van der Waals surface area (Å²) in [4.78, 5) is 65.2. The number of rotatable bonds is 10. The molecule has 2 saturated heterocycles. The standard InChI is InChI=1S/C43H49F2N9O4/c44-34-24-31(48-36-15-17-38(55)51-42(36)58)12-16-37(34)54-21-19-53(20-22-54)32-13-6-26(7-14-32)40(56)49-29-8-10-30(11-9-29)50-43-47-25-35(45)39(52-43)28-4-1-3-27(23-28)33-5-2-18-46-41(33)57/h1-5,12,16,18,23-26,29-30,32,36,48H,6-11,13-15,17,19-22H2,(H,46,57)(H,49,56)(H,47,50,52)(H,51,55,58)/t26?,29?,30?,32?,36-/m0/s1. The Labute approximate surface area is 335 Å². The number of halogens is 2. The number of H-pyrrole nitrogens is 1. The molecule has 0 bridgehead atoms. The summed E-state index contributed by atoms with van der Waals surface area (Å²) in [5.41, 5.74) is 2.68. The average molecular weight is 794 g/mol. The number of carbonyl (C=O) groups is 3. The second-order valence-corrected chi connectivity index (χ2v) is 15.9. The highest BCUT2D eigenvalue weighted by Crippen LogP contribution is 2.32. The van der Waals surface area contributed by atoms with E-state index in [1.807, 2.05) is 0 Å². The van der Waals surface area contributed by atoms with Gasteiger partial charge in [-0.1, -0.05) is 18.2 Å². The molecule has 15 heteroatoms. The molecule has 5 N–H and O–H groups in total. The van der Waals surface area contributed by atoms with E-state index in [4.69, 9.17) is 0 Å². The third-order valence-corrected chi connectivity index (χ3v) is 12.2. The van der Waals surface area contributed by atoms with E-state index in [0.29, 0.717) is 59.6 Å². The van der Waals surface area contributed by atoms with Crippen LogP contribution in [-0.2, 0) is 14.4 Å². The van der Waals surface area contributed by atoms with E-state index < -0.39 is 11.9 Å². The predicted molar refractivity (Wildman–Crippen MR) is 217 cm³/mol. The summed E-state index contributed by atoms with van der Waals surface area (Å²) in [7, 11) is 0. The lowest BCUT2D eigenvalue weighted by Gasteiger charge is -2.42. The number of nitrogens with one attached hydrogen (secondary N) is 5. The lowest BCUT2D eigenvalue weighted by Crippen LogP contribution is -2.52. The van der Waals surface area contributed by atoms with Crippen molar-refractivity contribution in [3.05, 3.63) is 89.0 Å². The Bertz CT molecular complexity index is 2190. The van der Waals surface area contributed by atoms with Crippen molar-refractivity contribution in [3.8, 4) is 22.4 Å². The van der Waals surface area contributed by atoms with Crippen LogP contribution in [0.1, 0.15) is 64.2 Å². The number of piperazine rings is 1. The van der Waals surface area contributed by atoms with Crippen LogP contribution in [0, 0.1) is 17.6 Å². The van der Waals surface area contributed by atoms with Crippen molar-refractivity contribution < 1.29 is 23.2 Å². The maximum Gasteiger partial charge on any atom is 0.255 e. The van der Waals surface area contributed by atoms with Crippen LogP contribution in [0.15, 0.2) is 71.8 Å². The van der Waals surface area contributed by atoms with Crippen LogP contribution in [0.4, 0.5) is 26.1 Å². The second kappa shape index (κ2) is 17.4. The minimum absolute atomic E-state index is 0.000397. The van der Waals surface area contributed by atoms with E-state index in [9.17, 15) is 23.6 Å². The minimum Gasteiger partial charge on any atom is -0.374 e. The Balaban J connectivity index is 0.760. The first-order chi connectivity index (χ1) is 28.2. The van der Waals surface area contributed by atoms with Gasteiger partial charge in [0.05, 0.1) is 11.9 Å². The number of nitrogens with zero attached hydrogens (tertiary/aromatic N) is 4. The smallest absolute Gasteiger partial charge is 0.255 e. The molecule has 304 valence electrons. The Morgan fingerprint density at radius 3 is 2.28 bits per heavy atom. The van der Waals surface area contributed by atoms with Gasteiger partial charge in [-0.3, -0.25) is 29.4 Å². The number of benzene rings is 2. The van der Waals surface area contributed by atoms with Gasteiger partial charge in [0.2, 0.25) is 23.7 Å². The molecule has 2 saturated carbocycles. The molecule has 2 aliphatic carbocycles. The van der Waals surface area contributed by atoms with E-state index in [1.54, 1.807) is 54.7 Å². The molecule has 0 unspecified atom stereocenters. The molecule has 4 aliphatic rings. The summed E-state index contributed by atoms with van der Waals surface area (Å²) in [5, 5.41) is 12.1. The quantitative estimate of drug-likeness (QED) is 0.135. The lowest BCUT2D eigenvalue weighted by atomic mass is 9.83. The van der Waals surface area contributed by atoms with E-state index in [0.717, 1.165) is 64.5 Å². The molecule has 4 aromatic rings. The Morgan fingerprint density at radius 1 is 0.776 bits per heavy atom. The molecule has 4 fully saturated rings. The maximum absolute atomic E-state index is 15.2. The monoisotopic (exact) mass is 793 g/mol. The number of aromatic amines is 1. The van der Waals surface area contributed by atoms with Crippen molar-refractivity contribution in [1.82, 2.24) is 30.5 Å². The van der Waals surface area contributed by atoms with Gasteiger partial charge in [-0.15, -0.1) is 0 Å². The first kappa shape index (κ1) is 39.1. The van der Waals surface area contributed by atoms with Crippen LogP contribution in [-0.4, -0.2) is 87.9 Å². The highest BCUT2D eigenvalue weighted by atomic mass is 19.1. The fourth-order valence-corrected chi connectivity index (χ4v) is 8.92. The number of aromatic nitrogens is 3. The highest BCUT2D eigenvalue weighted by Gasteiger charge is 2.33. The number of imide groups is 1.